The van der Waals surface area contributed by atoms with Crippen LogP contribution in [-0.2, 0) is 0 Å². The molecule has 0 atom stereocenters. The number of benzene rings is 1. The highest BCUT2D eigenvalue weighted by atomic mass is 35.5. The van der Waals surface area contributed by atoms with Crippen molar-refractivity contribution in [2.75, 3.05) is 0 Å². The van der Waals surface area contributed by atoms with E-state index in [1.54, 1.807) is 18.3 Å². The summed E-state index contributed by atoms with van der Waals surface area (Å²) in [6.45, 7) is 3.85. The molecule has 2 aromatic rings. The van der Waals surface area contributed by atoms with Crippen LogP contribution < -0.4 is 5.32 Å². The van der Waals surface area contributed by atoms with Crippen LogP contribution in [0.25, 0.3) is 10.9 Å². The smallest absolute Gasteiger partial charge is 0.253 e. The number of hydrogen-bond donors (Lipinski definition) is 1. The van der Waals surface area contributed by atoms with Crippen molar-refractivity contribution >= 4 is 28.4 Å². The third kappa shape index (κ3) is 2.74. The fourth-order valence-corrected chi connectivity index (χ4v) is 1.73. The van der Waals surface area contributed by atoms with Gasteiger partial charge in [-0.2, -0.15) is 0 Å². The molecule has 0 saturated heterocycles. The summed E-state index contributed by atoms with van der Waals surface area (Å²) in [7, 11) is 0. The van der Waals surface area contributed by atoms with E-state index in [1.165, 1.54) is 0 Å². The number of rotatable bonds is 2. The number of carbonyl (C=O) groups is 1. The van der Waals surface area contributed by atoms with Crippen LogP contribution in [0.15, 0.2) is 30.5 Å². The van der Waals surface area contributed by atoms with E-state index in [4.69, 9.17) is 11.6 Å². The lowest BCUT2D eigenvalue weighted by Gasteiger charge is -2.08. The van der Waals surface area contributed by atoms with Gasteiger partial charge in [0.25, 0.3) is 5.91 Å². The molecule has 0 saturated carbocycles. The van der Waals surface area contributed by atoms with Crippen molar-refractivity contribution in [3.8, 4) is 0 Å². The SMILES string of the molecule is CC(C)NC(=O)c1cnc2cc(Cl)ccc2c1. The zero-order valence-electron chi connectivity index (χ0n) is 9.70. The Labute approximate surface area is 105 Å². The van der Waals surface area contributed by atoms with Gasteiger partial charge >= 0.3 is 0 Å². The molecule has 0 radical (unpaired) electrons. The van der Waals surface area contributed by atoms with E-state index < -0.39 is 0 Å². The Morgan fingerprint density at radius 1 is 1.35 bits per heavy atom. The third-order valence-electron chi connectivity index (χ3n) is 2.33. The van der Waals surface area contributed by atoms with Crippen molar-refractivity contribution in [2.24, 2.45) is 0 Å². The van der Waals surface area contributed by atoms with Crippen molar-refractivity contribution in [1.82, 2.24) is 10.3 Å². The molecule has 0 aliphatic carbocycles. The van der Waals surface area contributed by atoms with E-state index in [0.29, 0.717) is 10.6 Å². The molecule has 0 unspecified atom stereocenters. The number of pyridine rings is 1. The van der Waals surface area contributed by atoms with Crippen molar-refractivity contribution in [3.63, 3.8) is 0 Å². The van der Waals surface area contributed by atoms with Gasteiger partial charge in [0.1, 0.15) is 0 Å². The second kappa shape index (κ2) is 4.72. The minimum Gasteiger partial charge on any atom is -0.350 e. The molecule has 1 aromatic carbocycles. The standard InChI is InChI=1S/C13H13ClN2O/c1-8(2)16-13(17)10-5-9-3-4-11(14)6-12(9)15-7-10/h3-8H,1-2H3,(H,16,17). The molecule has 1 N–H and O–H groups in total. The van der Waals surface area contributed by atoms with Gasteiger partial charge in [0.2, 0.25) is 0 Å². The van der Waals surface area contributed by atoms with Gasteiger partial charge in [0.15, 0.2) is 0 Å². The fraction of sp³-hybridized carbons (Fsp3) is 0.231. The lowest BCUT2D eigenvalue weighted by atomic mass is 10.1. The summed E-state index contributed by atoms with van der Waals surface area (Å²) >= 11 is 5.87. The number of carbonyl (C=O) groups excluding carboxylic acids is 1. The number of aromatic nitrogens is 1. The largest absolute Gasteiger partial charge is 0.350 e. The van der Waals surface area contributed by atoms with Crippen LogP contribution in [0, 0.1) is 0 Å². The summed E-state index contributed by atoms with van der Waals surface area (Å²) in [5.41, 5.74) is 1.35. The Hall–Kier alpha value is -1.61. The number of halogens is 1. The van der Waals surface area contributed by atoms with E-state index >= 15 is 0 Å². The summed E-state index contributed by atoms with van der Waals surface area (Å²) < 4.78 is 0. The Morgan fingerprint density at radius 3 is 2.82 bits per heavy atom. The van der Waals surface area contributed by atoms with Crippen molar-refractivity contribution in [1.29, 1.82) is 0 Å². The Balaban J connectivity index is 2.38. The Bertz CT molecular complexity index is 566. The van der Waals surface area contributed by atoms with Crippen LogP contribution in [0.4, 0.5) is 0 Å². The number of hydrogen-bond acceptors (Lipinski definition) is 2. The van der Waals surface area contributed by atoms with Gasteiger partial charge in [-0.05, 0) is 32.0 Å². The van der Waals surface area contributed by atoms with Gasteiger partial charge in [-0.1, -0.05) is 17.7 Å². The molecule has 4 heteroatoms. The first-order valence-electron chi connectivity index (χ1n) is 5.42. The third-order valence-corrected chi connectivity index (χ3v) is 2.56. The highest BCUT2D eigenvalue weighted by molar-refractivity contribution is 6.31. The zero-order valence-corrected chi connectivity index (χ0v) is 10.5. The molecule has 17 heavy (non-hydrogen) atoms. The molecular weight excluding hydrogens is 236 g/mol. The maximum atomic E-state index is 11.8. The summed E-state index contributed by atoms with van der Waals surface area (Å²) in [6, 6.07) is 7.35. The van der Waals surface area contributed by atoms with Crippen LogP contribution in [0.1, 0.15) is 24.2 Å². The monoisotopic (exact) mass is 248 g/mol. The maximum Gasteiger partial charge on any atom is 0.253 e. The maximum absolute atomic E-state index is 11.8. The lowest BCUT2D eigenvalue weighted by Crippen LogP contribution is -2.30. The van der Waals surface area contributed by atoms with Crippen LogP contribution in [0.3, 0.4) is 0 Å². The minimum atomic E-state index is -0.107. The van der Waals surface area contributed by atoms with Crippen molar-refractivity contribution in [3.05, 3.63) is 41.0 Å². The van der Waals surface area contributed by atoms with E-state index in [0.717, 1.165) is 10.9 Å². The van der Waals surface area contributed by atoms with Crippen LogP contribution in [0.5, 0.6) is 0 Å². The van der Waals surface area contributed by atoms with Gasteiger partial charge < -0.3 is 5.32 Å². The van der Waals surface area contributed by atoms with Gasteiger partial charge in [0, 0.05) is 22.6 Å². The second-order valence-electron chi connectivity index (χ2n) is 4.19. The average molecular weight is 249 g/mol. The second-order valence-corrected chi connectivity index (χ2v) is 4.63. The van der Waals surface area contributed by atoms with E-state index in [2.05, 4.69) is 10.3 Å². The van der Waals surface area contributed by atoms with E-state index in [1.807, 2.05) is 26.0 Å². The predicted molar refractivity (Wildman–Crippen MR) is 69.4 cm³/mol. The number of fused-ring (bicyclic) bond motifs is 1. The van der Waals surface area contributed by atoms with Gasteiger partial charge in [-0.25, -0.2) is 0 Å². The molecule has 0 spiro atoms. The first-order valence-corrected chi connectivity index (χ1v) is 5.80. The molecular formula is C13H13ClN2O. The average Bonchev–Trinajstić information content (AvgIpc) is 2.27. The Morgan fingerprint density at radius 2 is 2.12 bits per heavy atom. The first kappa shape index (κ1) is 11.9. The van der Waals surface area contributed by atoms with E-state index in [9.17, 15) is 4.79 Å². The molecule has 2 rings (SSSR count). The van der Waals surface area contributed by atoms with Gasteiger partial charge in [-0.15, -0.1) is 0 Å². The van der Waals surface area contributed by atoms with E-state index in [-0.39, 0.29) is 11.9 Å². The fourth-order valence-electron chi connectivity index (χ4n) is 1.56. The van der Waals surface area contributed by atoms with Gasteiger partial charge in [0.05, 0.1) is 11.1 Å². The molecule has 1 aromatic heterocycles. The molecule has 0 aliphatic heterocycles. The number of nitrogens with one attached hydrogen (secondary N) is 1. The highest BCUT2D eigenvalue weighted by Gasteiger charge is 2.08. The topological polar surface area (TPSA) is 42.0 Å². The minimum absolute atomic E-state index is 0.107. The first-order chi connectivity index (χ1) is 8.06. The van der Waals surface area contributed by atoms with Crippen molar-refractivity contribution < 1.29 is 4.79 Å². The lowest BCUT2D eigenvalue weighted by molar-refractivity contribution is 0.0943. The Kier molecular flexibility index (Phi) is 3.29. The normalized spacial score (nSPS) is 10.8. The quantitative estimate of drug-likeness (QED) is 0.888. The molecule has 3 nitrogen and oxygen atoms in total. The summed E-state index contributed by atoms with van der Waals surface area (Å²) in [6.07, 6.45) is 1.57. The zero-order chi connectivity index (χ0) is 12.4. The summed E-state index contributed by atoms with van der Waals surface area (Å²) in [5.74, 6) is -0.107. The number of nitrogens with zero attached hydrogens (tertiary/aromatic N) is 1. The molecule has 0 aliphatic rings. The predicted octanol–water partition coefficient (Wildman–Crippen LogP) is 3.03. The van der Waals surface area contributed by atoms with Crippen LogP contribution in [0.2, 0.25) is 5.02 Å². The highest BCUT2D eigenvalue weighted by Crippen LogP contribution is 2.18. The van der Waals surface area contributed by atoms with Crippen LogP contribution in [-0.4, -0.2) is 16.9 Å². The molecule has 1 heterocycles. The van der Waals surface area contributed by atoms with Crippen molar-refractivity contribution in [2.45, 2.75) is 19.9 Å². The molecule has 88 valence electrons. The molecule has 0 bridgehead atoms. The number of amides is 1. The van der Waals surface area contributed by atoms with Crippen LogP contribution >= 0.6 is 11.6 Å². The molecule has 0 fully saturated rings. The summed E-state index contributed by atoms with van der Waals surface area (Å²) in [4.78, 5) is 16.0. The van der Waals surface area contributed by atoms with Gasteiger partial charge in [-0.3, -0.25) is 9.78 Å². The molecule has 1 amide bonds. The summed E-state index contributed by atoms with van der Waals surface area (Å²) in [5, 5.41) is 4.38.